The molecule has 21 heavy (non-hydrogen) atoms. The number of ether oxygens (including phenoxy) is 1. The second kappa shape index (κ2) is 6.85. The van der Waals surface area contributed by atoms with Crippen molar-refractivity contribution in [1.29, 1.82) is 0 Å². The number of rotatable bonds is 5. The first-order valence-corrected chi connectivity index (χ1v) is 7.07. The van der Waals surface area contributed by atoms with E-state index in [-0.39, 0.29) is 13.0 Å². The number of halogens is 3. The zero-order chi connectivity index (χ0) is 15.4. The van der Waals surface area contributed by atoms with E-state index in [4.69, 9.17) is 16.3 Å². The Kier molecular flexibility index (Phi) is 5.12. The zero-order valence-corrected chi connectivity index (χ0v) is 11.9. The fraction of sp³-hybridized carbons (Fsp3) is 0.429. The summed E-state index contributed by atoms with van der Waals surface area (Å²) < 4.78 is 31.1. The summed E-state index contributed by atoms with van der Waals surface area (Å²) in [5, 5.41) is 0. The highest BCUT2D eigenvalue weighted by Gasteiger charge is 2.38. The molecule has 0 bridgehead atoms. The van der Waals surface area contributed by atoms with Gasteiger partial charge in [0.05, 0.1) is 0 Å². The van der Waals surface area contributed by atoms with Crippen LogP contribution >= 0.6 is 11.6 Å². The molecule has 0 aromatic heterocycles. The van der Waals surface area contributed by atoms with Crippen LogP contribution in [0.5, 0.6) is 0 Å². The Hall–Kier alpha value is -1.69. The van der Waals surface area contributed by atoms with Crippen molar-refractivity contribution in [2.75, 3.05) is 12.5 Å². The van der Waals surface area contributed by atoms with Gasteiger partial charge in [-0.15, -0.1) is 11.6 Å². The van der Waals surface area contributed by atoms with Crippen LogP contribution in [0.1, 0.15) is 30.9 Å². The number of alkyl halides is 1. The number of cyclic esters (lactones) is 1. The Morgan fingerprint density at radius 1 is 1.33 bits per heavy atom. The van der Waals surface area contributed by atoms with Gasteiger partial charge in [-0.3, -0.25) is 4.79 Å². The van der Waals surface area contributed by atoms with Crippen molar-refractivity contribution < 1.29 is 23.1 Å². The fourth-order valence-corrected chi connectivity index (χ4v) is 2.34. The van der Waals surface area contributed by atoms with Crippen LogP contribution in [0, 0.1) is 11.6 Å². The summed E-state index contributed by atoms with van der Waals surface area (Å²) >= 11 is 5.54. The molecule has 114 valence electrons. The van der Waals surface area contributed by atoms with Gasteiger partial charge in [0, 0.05) is 12.3 Å². The van der Waals surface area contributed by atoms with Crippen molar-refractivity contribution >= 4 is 23.6 Å². The van der Waals surface area contributed by atoms with E-state index in [0.29, 0.717) is 24.3 Å². The molecule has 4 nitrogen and oxygen atoms in total. The molecule has 1 heterocycles. The number of carbonyl (C=O) groups is 2. The van der Waals surface area contributed by atoms with Gasteiger partial charge in [0.15, 0.2) is 11.6 Å². The predicted octanol–water partition coefficient (Wildman–Crippen LogP) is 3.39. The predicted molar refractivity (Wildman–Crippen MR) is 71.9 cm³/mol. The minimum Gasteiger partial charge on any atom is -0.446 e. The molecule has 1 fully saturated rings. The lowest BCUT2D eigenvalue weighted by Crippen LogP contribution is -2.34. The normalized spacial score (nSPS) is 18.0. The topological polar surface area (TPSA) is 46.6 Å². The number of carbonyl (C=O) groups excluding carboxylic acids is 2. The van der Waals surface area contributed by atoms with Gasteiger partial charge >= 0.3 is 6.09 Å². The van der Waals surface area contributed by atoms with E-state index in [1.54, 1.807) is 0 Å². The molecule has 0 aliphatic carbocycles. The van der Waals surface area contributed by atoms with Crippen LogP contribution in [0.4, 0.5) is 13.6 Å². The summed E-state index contributed by atoms with van der Waals surface area (Å²) in [6.07, 6.45) is 0.602. The van der Waals surface area contributed by atoms with E-state index >= 15 is 0 Å². The van der Waals surface area contributed by atoms with Gasteiger partial charge in [0.1, 0.15) is 12.6 Å². The monoisotopic (exact) mass is 317 g/mol. The molecule has 0 saturated carbocycles. The highest BCUT2D eigenvalue weighted by atomic mass is 35.5. The number of unbranched alkanes of at least 4 members (excludes halogenated alkanes) is 1. The van der Waals surface area contributed by atoms with Gasteiger partial charge in [-0.25, -0.2) is 18.5 Å². The van der Waals surface area contributed by atoms with Gasteiger partial charge in [-0.1, -0.05) is 6.07 Å². The van der Waals surface area contributed by atoms with Crippen LogP contribution in [0.2, 0.25) is 0 Å². The number of benzene rings is 1. The van der Waals surface area contributed by atoms with Gasteiger partial charge in [-0.2, -0.15) is 0 Å². The standard InChI is InChI=1S/C14H14ClF2NO3/c15-6-2-1-3-13(19)18-12(8-21-14(18)20)9-4-5-10(16)11(17)7-9/h4-5,7,12H,1-3,6,8H2/t12-/m1/s1. The first kappa shape index (κ1) is 15.7. The SMILES string of the molecule is O=C(CCCCCl)N1C(=O)OC[C@@H]1c1ccc(F)c(F)c1. The van der Waals surface area contributed by atoms with Gasteiger partial charge in [0.25, 0.3) is 0 Å². The number of hydrogen-bond donors (Lipinski definition) is 0. The van der Waals surface area contributed by atoms with E-state index in [9.17, 15) is 18.4 Å². The Labute approximate surface area is 125 Å². The van der Waals surface area contributed by atoms with Crippen molar-refractivity contribution in [2.24, 2.45) is 0 Å². The van der Waals surface area contributed by atoms with Crippen LogP contribution in [-0.2, 0) is 9.53 Å². The van der Waals surface area contributed by atoms with E-state index < -0.39 is 29.7 Å². The summed E-state index contributed by atoms with van der Waals surface area (Å²) in [5.74, 6) is -1.98. The third-order valence-electron chi connectivity index (χ3n) is 3.24. The number of amides is 2. The highest BCUT2D eigenvalue weighted by molar-refractivity contribution is 6.17. The quantitative estimate of drug-likeness (QED) is 0.617. The number of imide groups is 1. The summed E-state index contributed by atoms with van der Waals surface area (Å²) in [4.78, 5) is 24.7. The largest absolute Gasteiger partial charge is 0.446 e. The number of nitrogens with zero attached hydrogens (tertiary/aromatic N) is 1. The van der Waals surface area contributed by atoms with Crippen molar-refractivity contribution in [3.05, 3.63) is 35.4 Å². The van der Waals surface area contributed by atoms with Crippen LogP contribution < -0.4 is 0 Å². The molecule has 1 aromatic rings. The Morgan fingerprint density at radius 3 is 2.76 bits per heavy atom. The number of hydrogen-bond acceptors (Lipinski definition) is 3. The maximum absolute atomic E-state index is 13.3. The van der Waals surface area contributed by atoms with Crippen LogP contribution in [0.15, 0.2) is 18.2 Å². The first-order valence-electron chi connectivity index (χ1n) is 6.54. The van der Waals surface area contributed by atoms with Crippen LogP contribution in [-0.4, -0.2) is 29.4 Å². The molecule has 1 atom stereocenters. The summed E-state index contributed by atoms with van der Waals surface area (Å²) in [7, 11) is 0. The lowest BCUT2D eigenvalue weighted by atomic mass is 10.1. The van der Waals surface area contributed by atoms with Gasteiger partial charge < -0.3 is 4.74 Å². The molecule has 0 unspecified atom stereocenters. The lowest BCUT2D eigenvalue weighted by Gasteiger charge is -2.20. The molecular formula is C14H14ClF2NO3. The van der Waals surface area contributed by atoms with Gasteiger partial charge in [-0.05, 0) is 30.5 Å². The minimum absolute atomic E-state index is 0.0643. The van der Waals surface area contributed by atoms with Gasteiger partial charge in [0.2, 0.25) is 5.91 Å². The van der Waals surface area contributed by atoms with E-state index in [1.165, 1.54) is 6.07 Å². The van der Waals surface area contributed by atoms with E-state index in [0.717, 1.165) is 17.0 Å². The lowest BCUT2D eigenvalue weighted by molar-refractivity contribution is -0.129. The highest BCUT2D eigenvalue weighted by Crippen LogP contribution is 2.29. The van der Waals surface area contributed by atoms with E-state index in [1.807, 2.05) is 0 Å². The summed E-state index contributed by atoms with van der Waals surface area (Å²) in [6, 6.07) is 2.55. The molecular weight excluding hydrogens is 304 g/mol. The third-order valence-corrected chi connectivity index (χ3v) is 3.51. The summed E-state index contributed by atoms with van der Waals surface area (Å²) in [5.41, 5.74) is 0.324. The second-order valence-electron chi connectivity index (χ2n) is 4.68. The van der Waals surface area contributed by atoms with Crippen molar-refractivity contribution in [1.82, 2.24) is 4.90 Å². The third kappa shape index (κ3) is 3.50. The molecule has 1 aliphatic rings. The van der Waals surface area contributed by atoms with Crippen molar-refractivity contribution in [3.63, 3.8) is 0 Å². The Morgan fingerprint density at radius 2 is 2.10 bits per heavy atom. The minimum atomic E-state index is -1.03. The summed E-state index contributed by atoms with van der Waals surface area (Å²) in [6.45, 7) is -0.0643. The Bertz CT molecular complexity index is 553. The molecule has 0 radical (unpaired) electrons. The molecule has 1 aliphatic heterocycles. The first-order chi connectivity index (χ1) is 10.0. The average molecular weight is 318 g/mol. The van der Waals surface area contributed by atoms with Crippen LogP contribution in [0.3, 0.4) is 0 Å². The molecule has 0 spiro atoms. The molecule has 7 heteroatoms. The van der Waals surface area contributed by atoms with E-state index in [2.05, 4.69) is 0 Å². The Balaban J connectivity index is 2.15. The second-order valence-corrected chi connectivity index (χ2v) is 5.05. The maximum Gasteiger partial charge on any atom is 0.417 e. The zero-order valence-electron chi connectivity index (χ0n) is 11.2. The van der Waals surface area contributed by atoms with Crippen LogP contribution in [0.25, 0.3) is 0 Å². The maximum atomic E-state index is 13.3. The molecule has 2 rings (SSSR count). The van der Waals surface area contributed by atoms with Crippen molar-refractivity contribution in [2.45, 2.75) is 25.3 Å². The van der Waals surface area contributed by atoms with Crippen molar-refractivity contribution in [3.8, 4) is 0 Å². The molecule has 2 amide bonds. The average Bonchev–Trinajstić information content (AvgIpc) is 2.84. The molecule has 0 N–H and O–H groups in total. The fourth-order valence-electron chi connectivity index (χ4n) is 2.15. The molecule has 1 aromatic carbocycles. The molecule has 1 saturated heterocycles. The smallest absolute Gasteiger partial charge is 0.417 e.